The fourth-order valence-corrected chi connectivity index (χ4v) is 3.05. The molecule has 2 N–H and O–H groups in total. The number of benzene rings is 2. The number of nitrogens with zero attached hydrogens (tertiary/aromatic N) is 2. The Balaban J connectivity index is 1.63. The number of hydrogen-bond acceptors (Lipinski definition) is 5. The predicted octanol–water partition coefficient (Wildman–Crippen LogP) is 2.94. The Labute approximate surface area is 156 Å². The van der Waals surface area contributed by atoms with Crippen molar-refractivity contribution in [1.82, 2.24) is 0 Å². The van der Waals surface area contributed by atoms with Crippen molar-refractivity contribution in [3.63, 3.8) is 0 Å². The van der Waals surface area contributed by atoms with Gasteiger partial charge in [0.15, 0.2) is 0 Å². The van der Waals surface area contributed by atoms with E-state index in [2.05, 4.69) is 10.6 Å². The van der Waals surface area contributed by atoms with Gasteiger partial charge in [0.1, 0.15) is 6.04 Å². The number of carbonyl (C=O) groups is 2. The summed E-state index contributed by atoms with van der Waals surface area (Å²) in [6.07, 6.45) is 0.786. The van der Waals surface area contributed by atoms with Crippen molar-refractivity contribution in [2.24, 2.45) is 0 Å². The minimum atomic E-state index is -0.511. The lowest BCUT2D eigenvalue weighted by Gasteiger charge is -2.17. The maximum atomic E-state index is 12.4. The van der Waals surface area contributed by atoms with Gasteiger partial charge in [-0.3, -0.25) is 19.7 Å². The highest BCUT2D eigenvalue weighted by Crippen LogP contribution is 2.30. The lowest BCUT2D eigenvalue weighted by molar-refractivity contribution is -0.384. The van der Waals surface area contributed by atoms with Crippen LogP contribution in [-0.4, -0.2) is 29.3 Å². The van der Waals surface area contributed by atoms with Crippen LogP contribution < -0.4 is 15.5 Å². The van der Waals surface area contributed by atoms with Crippen molar-refractivity contribution in [1.29, 1.82) is 0 Å². The molecule has 0 aliphatic carbocycles. The van der Waals surface area contributed by atoms with Crippen molar-refractivity contribution >= 4 is 34.6 Å². The number of nitro benzene ring substituents is 1. The first-order valence-corrected chi connectivity index (χ1v) is 8.58. The third-order valence-corrected chi connectivity index (χ3v) is 4.48. The summed E-state index contributed by atoms with van der Waals surface area (Å²) in [5.74, 6) is -0.236. The maximum absolute atomic E-state index is 12.4. The molecule has 0 aromatic heterocycles. The van der Waals surface area contributed by atoms with E-state index >= 15 is 0 Å². The Kier molecular flexibility index (Phi) is 5.07. The number of rotatable bonds is 5. The number of hydrogen-bond donors (Lipinski definition) is 2. The van der Waals surface area contributed by atoms with Gasteiger partial charge in [-0.2, -0.15) is 0 Å². The van der Waals surface area contributed by atoms with Gasteiger partial charge in [0.25, 0.3) is 5.69 Å². The smallest absolute Gasteiger partial charge is 0.269 e. The molecule has 27 heavy (non-hydrogen) atoms. The molecular formula is C19H20N4O4. The van der Waals surface area contributed by atoms with E-state index in [4.69, 9.17) is 0 Å². The summed E-state index contributed by atoms with van der Waals surface area (Å²) in [6, 6.07) is 10.8. The maximum Gasteiger partial charge on any atom is 0.269 e. The molecule has 0 fully saturated rings. The summed E-state index contributed by atoms with van der Waals surface area (Å²) in [5, 5.41) is 16.5. The lowest BCUT2D eigenvalue weighted by Crippen LogP contribution is -2.31. The predicted molar refractivity (Wildman–Crippen MR) is 103 cm³/mol. The molecule has 0 unspecified atom stereocenters. The van der Waals surface area contributed by atoms with E-state index in [1.807, 2.05) is 18.2 Å². The van der Waals surface area contributed by atoms with Crippen LogP contribution in [0.25, 0.3) is 0 Å². The monoisotopic (exact) mass is 368 g/mol. The molecule has 8 heteroatoms. The summed E-state index contributed by atoms with van der Waals surface area (Å²) in [4.78, 5) is 35.9. The molecular weight excluding hydrogens is 348 g/mol. The lowest BCUT2D eigenvalue weighted by atomic mass is 10.1. The number of nitrogens with one attached hydrogen (secondary N) is 2. The molecule has 0 bridgehead atoms. The van der Waals surface area contributed by atoms with Crippen LogP contribution >= 0.6 is 0 Å². The van der Waals surface area contributed by atoms with E-state index in [1.54, 1.807) is 18.7 Å². The van der Waals surface area contributed by atoms with Crippen LogP contribution in [-0.2, 0) is 16.0 Å². The number of amides is 2. The average Bonchev–Trinajstić information content (AvgIpc) is 3.05. The van der Waals surface area contributed by atoms with Gasteiger partial charge in [0.05, 0.1) is 4.92 Å². The summed E-state index contributed by atoms with van der Waals surface area (Å²) < 4.78 is 0. The van der Waals surface area contributed by atoms with Crippen molar-refractivity contribution in [3.8, 4) is 0 Å². The van der Waals surface area contributed by atoms with E-state index in [0.29, 0.717) is 12.2 Å². The van der Waals surface area contributed by atoms with Gasteiger partial charge in [-0.05, 0) is 49.2 Å². The molecule has 1 heterocycles. The van der Waals surface area contributed by atoms with Crippen LogP contribution in [0.1, 0.15) is 19.4 Å². The normalized spacial score (nSPS) is 13.6. The van der Waals surface area contributed by atoms with E-state index in [-0.39, 0.29) is 17.5 Å². The zero-order valence-corrected chi connectivity index (χ0v) is 15.1. The quantitative estimate of drug-likeness (QED) is 0.624. The minimum Gasteiger partial charge on any atom is -0.374 e. The van der Waals surface area contributed by atoms with Crippen LogP contribution in [0.3, 0.4) is 0 Å². The van der Waals surface area contributed by atoms with Gasteiger partial charge >= 0.3 is 0 Å². The Hall–Kier alpha value is -3.42. The number of non-ortho nitro benzene ring substituents is 1. The average molecular weight is 368 g/mol. The summed E-state index contributed by atoms with van der Waals surface area (Å²) in [7, 11) is 0. The van der Waals surface area contributed by atoms with Crippen LogP contribution in [0, 0.1) is 10.1 Å². The molecule has 1 aliphatic rings. The standard InChI is InChI=1S/C19H20N4O4/c1-12(19(25)21-15-3-6-17(7-4-15)23(26)27)20-16-5-8-18-14(11-16)9-10-22(18)13(2)24/h3-8,11-12,20H,9-10H2,1-2H3,(H,21,25)/t12-/m0/s1. The third kappa shape index (κ3) is 4.05. The van der Waals surface area contributed by atoms with Crippen LogP contribution in [0.4, 0.5) is 22.7 Å². The van der Waals surface area contributed by atoms with Gasteiger partial charge in [-0.15, -0.1) is 0 Å². The first-order chi connectivity index (χ1) is 12.8. The fraction of sp³-hybridized carbons (Fsp3) is 0.263. The molecule has 0 saturated carbocycles. The van der Waals surface area contributed by atoms with E-state index in [0.717, 1.165) is 23.4 Å². The summed E-state index contributed by atoms with van der Waals surface area (Å²) in [5.41, 5.74) is 3.24. The van der Waals surface area contributed by atoms with Gasteiger partial charge in [0.2, 0.25) is 11.8 Å². The zero-order chi connectivity index (χ0) is 19.6. The fourth-order valence-electron chi connectivity index (χ4n) is 3.05. The molecule has 3 rings (SSSR count). The van der Waals surface area contributed by atoms with Crippen molar-refractivity contribution in [3.05, 3.63) is 58.1 Å². The van der Waals surface area contributed by atoms with Gasteiger partial charge in [-0.25, -0.2) is 0 Å². The highest BCUT2D eigenvalue weighted by molar-refractivity contribution is 5.97. The number of anilines is 3. The Morgan fingerprint density at radius 2 is 1.81 bits per heavy atom. The van der Waals surface area contributed by atoms with E-state index in [9.17, 15) is 19.7 Å². The number of carbonyl (C=O) groups excluding carboxylic acids is 2. The molecule has 1 atom stereocenters. The number of nitro groups is 1. The third-order valence-electron chi connectivity index (χ3n) is 4.48. The van der Waals surface area contributed by atoms with Crippen molar-refractivity contribution in [2.45, 2.75) is 26.3 Å². The second-order valence-electron chi connectivity index (χ2n) is 6.42. The van der Waals surface area contributed by atoms with Crippen molar-refractivity contribution < 1.29 is 14.5 Å². The largest absolute Gasteiger partial charge is 0.374 e. The molecule has 8 nitrogen and oxygen atoms in total. The molecule has 140 valence electrons. The molecule has 2 amide bonds. The first-order valence-electron chi connectivity index (χ1n) is 8.58. The Morgan fingerprint density at radius 1 is 1.15 bits per heavy atom. The minimum absolute atomic E-state index is 0.0188. The molecule has 0 saturated heterocycles. The Morgan fingerprint density at radius 3 is 2.44 bits per heavy atom. The molecule has 1 aliphatic heterocycles. The Bertz CT molecular complexity index is 895. The van der Waals surface area contributed by atoms with Gasteiger partial charge in [-0.1, -0.05) is 0 Å². The van der Waals surface area contributed by atoms with Crippen LogP contribution in [0.5, 0.6) is 0 Å². The SMILES string of the molecule is CC(=O)N1CCc2cc(N[C@@H](C)C(=O)Nc3ccc([N+](=O)[O-])cc3)ccc21. The van der Waals surface area contributed by atoms with E-state index < -0.39 is 11.0 Å². The van der Waals surface area contributed by atoms with Crippen LogP contribution in [0.15, 0.2) is 42.5 Å². The number of fused-ring (bicyclic) bond motifs is 1. The second kappa shape index (κ2) is 7.45. The van der Waals surface area contributed by atoms with E-state index in [1.165, 1.54) is 24.3 Å². The highest BCUT2D eigenvalue weighted by atomic mass is 16.6. The molecule has 2 aromatic rings. The summed E-state index contributed by atoms with van der Waals surface area (Å²) in [6.45, 7) is 3.95. The van der Waals surface area contributed by atoms with Gasteiger partial charge < -0.3 is 15.5 Å². The second-order valence-corrected chi connectivity index (χ2v) is 6.42. The summed E-state index contributed by atoms with van der Waals surface area (Å²) >= 11 is 0. The van der Waals surface area contributed by atoms with Gasteiger partial charge in [0, 0.05) is 42.7 Å². The highest BCUT2D eigenvalue weighted by Gasteiger charge is 2.22. The van der Waals surface area contributed by atoms with Crippen LogP contribution in [0.2, 0.25) is 0 Å². The molecule has 2 aromatic carbocycles. The first kappa shape index (κ1) is 18.4. The molecule has 0 spiro atoms. The molecule has 0 radical (unpaired) electrons. The topological polar surface area (TPSA) is 105 Å². The van der Waals surface area contributed by atoms with Crippen molar-refractivity contribution in [2.75, 3.05) is 22.1 Å². The zero-order valence-electron chi connectivity index (χ0n) is 15.1.